The van der Waals surface area contributed by atoms with Gasteiger partial charge in [0.1, 0.15) is 17.8 Å². The van der Waals surface area contributed by atoms with Crippen molar-refractivity contribution >= 4 is 11.9 Å². The molecule has 1 heterocycles. The van der Waals surface area contributed by atoms with Gasteiger partial charge in [-0.25, -0.2) is 4.79 Å². The van der Waals surface area contributed by atoms with Crippen LogP contribution in [0.5, 0.6) is 0 Å². The summed E-state index contributed by atoms with van der Waals surface area (Å²) in [6.45, 7) is 11.2. The molecule has 0 spiro atoms. The van der Waals surface area contributed by atoms with E-state index in [0.717, 1.165) is 6.42 Å². The third-order valence-corrected chi connectivity index (χ3v) is 5.67. The smallest absolute Gasteiger partial charge is 0.334 e. The third-order valence-electron chi connectivity index (χ3n) is 5.67. The molecule has 0 aromatic heterocycles. The van der Waals surface area contributed by atoms with Crippen LogP contribution in [0.25, 0.3) is 0 Å². The molecule has 3 fully saturated rings. The summed E-state index contributed by atoms with van der Waals surface area (Å²) in [6, 6.07) is 0. The van der Waals surface area contributed by atoms with E-state index in [-0.39, 0.29) is 18.0 Å². The first-order chi connectivity index (χ1) is 10.2. The lowest BCUT2D eigenvalue weighted by Gasteiger charge is -2.57. The normalized spacial score (nSPS) is 44.1. The molecule has 5 unspecified atom stereocenters. The quantitative estimate of drug-likeness (QED) is 0.455. The molecule has 0 aromatic carbocycles. The van der Waals surface area contributed by atoms with Crippen molar-refractivity contribution in [1.82, 2.24) is 0 Å². The van der Waals surface area contributed by atoms with E-state index < -0.39 is 23.1 Å². The fourth-order valence-corrected chi connectivity index (χ4v) is 4.53. The minimum Gasteiger partial charge on any atom is -0.462 e. The first-order valence-electron chi connectivity index (χ1n) is 7.66. The number of aliphatic hydroxyl groups is 1. The Balaban J connectivity index is 1.95. The third kappa shape index (κ3) is 1.88. The van der Waals surface area contributed by atoms with E-state index in [4.69, 9.17) is 9.47 Å². The molecule has 0 bridgehead atoms. The Morgan fingerprint density at radius 1 is 1.45 bits per heavy atom. The monoisotopic (exact) mass is 306 g/mol. The molecule has 2 aliphatic carbocycles. The first kappa shape index (κ1) is 15.3. The number of fused-ring (bicyclic) bond motifs is 3. The zero-order chi connectivity index (χ0) is 16.3. The summed E-state index contributed by atoms with van der Waals surface area (Å²) < 4.78 is 10.8. The average molecular weight is 306 g/mol. The van der Waals surface area contributed by atoms with Gasteiger partial charge in [-0.05, 0) is 24.8 Å². The second-order valence-electron chi connectivity index (χ2n) is 7.07. The number of hydrogen-bond acceptors (Lipinski definition) is 5. The van der Waals surface area contributed by atoms with Gasteiger partial charge >= 0.3 is 11.9 Å². The number of esters is 2. The molecule has 120 valence electrons. The highest BCUT2D eigenvalue weighted by molar-refractivity contribution is 5.91. The number of rotatable bonds is 1. The molecule has 22 heavy (non-hydrogen) atoms. The van der Waals surface area contributed by atoms with Crippen molar-refractivity contribution in [1.29, 1.82) is 0 Å². The summed E-state index contributed by atoms with van der Waals surface area (Å²) in [5, 5.41) is 11.4. The molecule has 2 saturated carbocycles. The number of carbonyl (C=O) groups is 2. The number of ether oxygens (including phenoxy) is 2. The van der Waals surface area contributed by atoms with E-state index in [1.54, 1.807) is 0 Å². The van der Waals surface area contributed by atoms with E-state index in [9.17, 15) is 14.7 Å². The number of carbonyl (C=O) groups excluding carboxylic acids is 2. The van der Waals surface area contributed by atoms with E-state index in [1.807, 2.05) is 6.92 Å². The van der Waals surface area contributed by atoms with Crippen LogP contribution in [0, 0.1) is 11.3 Å². The van der Waals surface area contributed by atoms with Crippen LogP contribution in [0.4, 0.5) is 0 Å². The molecular weight excluding hydrogens is 284 g/mol. The van der Waals surface area contributed by atoms with E-state index in [2.05, 4.69) is 13.2 Å². The van der Waals surface area contributed by atoms with Gasteiger partial charge in [-0.1, -0.05) is 20.1 Å². The zero-order valence-electron chi connectivity index (χ0n) is 13.1. The summed E-state index contributed by atoms with van der Waals surface area (Å²) in [7, 11) is 0. The lowest BCUT2D eigenvalue weighted by molar-refractivity contribution is -0.200. The summed E-state index contributed by atoms with van der Waals surface area (Å²) in [5.41, 5.74) is -0.809. The van der Waals surface area contributed by atoms with E-state index in [0.29, 0.717) is 30.4 Å². The molecule has 5 nitrogen and oxygen atoms in total. The highest BCUT2D eigenvalue weighted by Gasteiger charge is 2.65. The maximum absolute atomic E-state index is 11.8. The lowest BCUT2D eigenvalue weighted by Crippen LogP contribution is -2.64. The van der Waals surface area contributed by atoms with Crippen LogP contribution in [-0.2, 0) is 19.1 Å². The predicted octanol–water partition coefficient (Wildman–Crippen LogP) is 1.90. The molecule has 0 amide bonds. The average Bonchev–Trinajstić information content (AvgIpc) is 2.69. The Bertz CT molecular complexity index is 580. The van der Waals surface area contributed by atoms with Gasteiger partial charge in [0, 0.05) is 30.3 Å². The largest absolute Gasteiger partial charge is 0.462 e. The van der Waals surface area contributed by atoms with Gasteiger partial charge in [0.25, 0.3) is 0 Å². The second-order valence-corrected chi connectivity index (χ2v) is 7.07. The standard InChI is InChI=1S/C17H22O5/c1-9-7-12(21-11(3)18)8-16(4)6-5-13-10(2)15(19)22-14(13)17(9,16)20/h12-14,20H,1-2,5-8H2,3-4H3. The topological polar surface area (TPSA) is 72.8 Å². The van der Waals surface area contributed by atoms with Gasteiger partial charge in [0.05, 0.1) is 0 Å². The highest BCUT2D eigenvalue weighted by atomic mass is 16.6. The summed E-state index contributed by atoms with van der Waals surface area (Å²) >= 11 is 0. The highest BCUT2D eigenvalue weighted by Crippen LogP contribution is 2.59. The SMILES string of the molecule is C=C1C(=O)OC2C1CCC1(C)CC(OC(C)=O)CC(=C)C21O. The van der Waals surface area contributed by atoms with Gasteiger partial charge in [-0.3, -0.25) is 4.79 Å². The van der Waals surface area contributed by atoms with Gasteiger partial charge in [-0.15, -0.1) is 0 Å². The van der Waals surface area contributed by atoms with Gasteiger partial charge < -0.3 is 14.6 Å². The van der Waals surface area contributed by atoms with E-state index >= 15 is 0 Å². The van der Waals surface area contributed by atoms with Gasteiger partial charge in [-0.2, -0.15) is 0 Å². The van der Waals surface area contributed by atoms with Crippen LogP contribution in [0.15, 0.2) is 24.3 Å². The minimum atomic E-state index is -1.29. The van der Waals surface area contributed by atoms with Gasteiger partial charge in [0.2, 0.25) is 0 Å². The van der Waals surface area contributed by atoms with Crippen LogP contribution in [0.2, 0.25) is 0 Å². The molecule has 1 saturated heterocycles. The molecule has 5 atom stereocenters. The maximum Gasteiger partial charge on any atom is 0.334 e. The number of hydrogen-bond donors (Lipinski definition) is 1. The van der Waals surface area contributed by atoms with Crippen LogP contribution in [0.1, 0.15) is 39.5 Å². The van der Waals surface area contributed by atoms with Crippen molar-refractivity contribution < 1.29 is 24.2 Å². The predicted molar refractivity (Wildman–Crippen MR) is 78.7 cm³/mol. The molecule has 5 heteroatoms. The van der Waals surface area contributed by atoms with Crippen molar-refractivity contribution in [2.24, 2.45) is 11.3 Å². The molecule has 1 aliphatic heterocycles. The molecular formula is C17H22O5. The Kier molecular flexibility index (Phi) is 3.25. The molecule has 3 aliphatic rings. The summed E-state index contributed by atoms with van der Waals surface area (Å²) in [4.78, 5) is 23.1. The molecule has 3 rings (SSSR count). The minimum absolute atomic E-state index is 0.160. The summed E-state index contributed by atoms with van der Waals surface area (Å²) in [5.74, 6) is -0.920. The Labute approximate surface area is 130 Å². The Morgan fingerprint density at radius 3 is 2.77 bits per heavy atom. The maximum atomic E-state index is 11.8. The van der Waals surface area contributed by atoms with Crippen molar-refractivity contribution in [2.75, 3.05) is 0 Å². The first-order valence-corrected chi connectivity index (χ1v) is 7.66. The van der Waals surface area contributed by atoms with Crippen molar-refractivity contribution in [3.63, 3.8) is 0 Å². The van der Waals surface area contributed by atoms with Crippen molar-refractivity contribution in [2.45, 2.75) is 57.3 Å². The van der Waals surface area contributed by atoms with Crippen LogP contribution >= 0.6 is 0 Å². The van der Waals surface area contributed by atoms with Crippen LogP contribution in [-0.4, -0.2) is 34.9 Å². The lowest BCUT2D eigenvalue weighted by atomic mass is 9.52. The zero-order valence-corrected chi connectivity index (χ0v) is 13.1. The Hall–Kier alpha value is -1.62. The van der Waals surface area contributed by atoms with Crippen molar-refractivity contribution in [3.05, 3.63) is 24.3 Å². The van der Waals surface area contributed by atoms with Crippen LogP contribution in [0.3, 0.4) is 0 Å². The molecule has 0 radical (unpaired) electrons. The van der Waals surface area contributed by atoms with Crippen molar-refractivity contribution in [3.8, 4) is 0 Å². The molecule has 1 N–H and O–H groups in total. The fourth-order valence-electron chi connectivity index (χ4n) is 4.53. The van der Waals surface area contributed by atoms with Gasteiger partial charge in [0.15, 0.2) is 0 Å². The second kappa shape index (κ2) is 4.69. The van der Waals surface area contributed by atoms with Crippen LogP contribution < -0.4 is 0 Å². The summed E-state index contributed by atoms with van der Waals surface area (Å²) in [6.07, 6.45) is 1.45. The van der Waals surface area contributed by atoms with E-state index in [1.165, 1.54) is 6.92 Å². The Morgan fingerprint density at radius 2 is 2.14 bits per heavy atom. The fraction of sp³-hybridized carbons (Fsp3) is 0.647. The molecule has 0 aromatic rings.